The molecule has 0 aliphatic rings. The van der Waals surface area contributed by atoms with Crippen molar-refractivity contribution in [3.05, 3.63) is 95.6 Å². The zero-order chi connectivity index (χ0) is 25.1. The number of thiophene rings is 1. The van der Waals surface area contributed by atoms with Crippen LogP contribution in [-0.4, -0.2) is 23.5 Å². The topological polar surface area (TPSA) is 68.3 Å². The first-order chi connectivity index (χ1) is 17.5. The summed E-state index contributed by atoms with van der Waals surface area (Å²) in [6.45, 7) is 4.43. The number of carbonyl (C=O) groups excluding carboxylic acids is 2. The van der Waals surface area contributed by atoms with Crippen molar-refractivity contribution < 1.29 is 14.3 Å². The quantitative estimate of drug-likeness (QED) is 0.186. The minimum absolute atomic E-state index is 0.295. The maximum atomic E-state index is 13.7. The van der Waals surface area contributed by atoms with E-state index in [9.17, 15) is 9.59 Å². The fraction of sp³-hybridized carbons (Fsp3) is 0.167. The van der Waals surface area contributed by atoms with Gasteiger partial charge >= 0.3 is 5.97 Å². The molecular formula is C30H26N2O3S. The fourth-order valence-electron chi connectivity index (χ4n) is 4.12. The van der Waals surface area contributed by atoms with E-state index >= 15 is 0 Å². The van der Waals surface area contributed by atoms with Gasteiger partial charge in [-0.25, -0.2) is 9.78 Å². The molecule has 180 valence electrons. The number of para-hydroxylation sites is 1. The molecule has 5 aromatic rings. The molecule has 0 atom stereocenters. The van der Waals surface area contributed by atoms with Gasteiger partial charge in [0, 0.05) is 21.0 Å². The summed E-state index contributed by atoms with van der Waals surface area (Å²) >= 11 is 1.37. The predicted molar refractivity (Wildman–Crippen MR) is 147 cm³/mol. The summed E-state index contributed by atoms with van der Waals surface area (Å²) in [6, 6.07) is 25.1. The lowest BCUT2D eigenvalue weighted by Crippen LogP contribution is -2.15. The second-order valence-electron chi connectivity index (χ2n) is 8.68. The fourth-order valence-corrected chi connectivity index (χ4v) is 5.21. The number of pyridine rings is 1. The largest absolute Gasteiger partial charge is 0.462 e. The first-order valence-electron chi connectivity index (χ1n) is 12.0. The van der Waals surface area contributed by atoms with Crippen LogP contribution in [-0.2, 0) is 4.74 Å². The monoisotopic (exact) mass is 494 g/mol. The van der Waals surface area contributed by atoms with Crippen LogP contribution in [0.3, 0.4) is 0 Å². The number of hydrogen-bond donors (Lipinski definition) is 1. The van der Waals surface area contributed by atoms with Gasteiger partial charge in [0.15, 0.2) is 0 Å². The number of anilines is 1. The highest BCUT2D eigenvalue weighted by Crippen LogP contribution is 2.37. The molecule has 0 saturated carbocycles. The average Bonchev–Trinajstić information content (AvgIpc) is 3.26. The second kappa shape index (κ2) is 10.3. The highest BCUT2D eigenvalue weighted by atomic mass is 32.1. The van der Waals surface area contributed by atoms with Crippen LogP contribution in [0.2, 0.25) is 0 Å². The Bertz CT molecular complexity index is 1570. The van der Waals surface area contributed by atoms with Crippen molar-refractivity contribution in [2.24, 2.45) is 0 Å². The van der Waals surface area contributed by atoms with Gasteiger partial charge in [-0.1, -0.05) is 79.6 Å². The average molecular weight is 495 g/mol. The molecule has 0 radical (unpaired) electrons. The molecule has 1 amide bonds. The Balaban J connectivity index is 1.56. The van der Waals surface area contributed by atoms with Gasteiger partial charge in [0.25, 0.3) is 5.91 Å². The van der Waals surface area contributed by atoms with Gasteiger partial charge < -0.3 is 10.1 Å². The number of fused-ring (bicyclic) bond motifs is 2. The number of nitrogens with zero attached hydrogens (tertiary/aromatic N) is 1. The predicted octanol–water partition coefficient (Wildman–Crippen LogP) is 7.63. The van der Waals surface area contributed by atoms with Crippen LogP contribution in [0.1, 0.15) is 46.0 Å². The first kappa shape index (κ1) is 23.7. The minimum atomic E-state index is -0.420. The van der Waals surface area contributed by atoms with Gasteiger partial charge in [-0.3, -0.25) is 4.79 Å². The van der Waals surface area contributed by atoms with Gasteiger partial charge in [-0.05, 0) is 31.5 Å². The molecule has 0 fully saturated rings. The number of esters is 1. The summed E-state index contributed by atoms with van der Waals surface area (Å²) in [4.78, 5) is 31.5. The lowest BCUT2D eigenvalue weighted by molar-refractivity contribution is 0.0503. The molecule has 0 aliphatic heterocycles. The normalized spacial score (nSPS) is 11.1. The van der Waals surface area contributed by atoms with Gasteiger partial charge in [0.05, 0.1) is 23.4 Å². The Morgan fingerprint density at radius 2 is 1.67 bits per heavy atom. The van der Waals surface area contributed by atoms with Crippen LogP contribution in [0.5, 0.6) is 0 Å². The number of aryl methyl sites for hydroxylation is 1. The number of ether oxygens (including phenoxy) is 1. The summed E-state index contributed by atoms with van der Waals surface area (Å²) in [6.07, 6.45) is 1.72. The van der Waals surface area contributed by atoms with Crippen molar-refractivity contribution >= 4 is 49.2 Å². The lowest BCUT2D eigenvalue weighted by Gasteiger charge is -2.11. The number of nitrogens with one attached hydrogen (secondary N) is 1. The van der Waals surface area contributed by atoms with E-state index in [4.69, 9.17) is 9.72 Å². The van der Waals surface area contributed by atoms with Crippen molar-refractivity contribution in [2.45, 2.75) is 26.7 Å². The number of aromatic nitrogens is 1. The van der Waals surface area contributed by atoms with Crippen LogP contribution in [0.15, 0.2) is 78.9 Å². The Morgan fingerprint density at radius 3 is 2.44 bits per heavy atom. The molecule has 0 saturated heterocycles. The van der Waals surface area contributed by atoms with Crippen LogP contribution in [0.25, 0.3) is 32.2 Å². The van der Waals surface area contributed by atoms with Crippen molar-refractivity contribution in [3.8, 4) is 11.3 Å². The molecule has 0 unspecified atom stereocenters. The van der Waals surface area contributed by atoms with Gasteiger partial charge in [-0.15, -0.1) is 11.3 Å². The van der Waals surface area contributed by atoms with Crippen LogP contribution in [0, 0.1) is 6.92 Å². The van der Waals surface area contributed by atoms with Gasteiger partial charge in [0.2, 0.25) is 0 Å². The molecule has 5 rings (SSSR count). The van der Waals surface area contributed by atoms with E-state index in [1.807, 2.05) is 92.7 Å². The van der Waals surface area contributed by atoms with E-state index in [1.165, 1.54) is 11.3 Å². The van der Waals surface area contributed by atoms with Crippen LogP contribution >= 0.6 is 11.3 Å². The smallest absolute Gasteiger partial charge is 0.341 e. The highest BCUT2D eigenvalue weighted by Gasteiger charge is 2.23. The molecular weight excluding hydrogens is 468 g/mol. The zero-order valence-corrected chi connectivity index (χ0v) is 21.0. The molecule has 3 aromatic carbocycles. The van der Waals surface area contributed by atoms with Crippen molar-refractivity contribution in [1.82, 2.24) is 4.98 Å². The summed E-state index contributed by atoms with van der Waals surface area (Å²) in [5.41, 5.74) is 4.44. The molecule has 36 heavy (non-hydrogen) atoms. The Hall–Kier alpha value is -4.03. The Morgan fingerprint density at radius 1 is 0.944 bits per heavy atom. The zero-order valence-electron chi connectivity index (χ0n) is 20.2. The molecule has 0 aliphatic carbocycles. The van der Waals surface area contributed by atoms with E-state index in [2.05, 4.69) is 5.32 Å². The molecule has 5 nitrogen and oxygen atoms in total. The van der Waals surface area contributed by atoms with Gasteiger partial charge in [0.1, 0.15) is 10.6 Å². The number of hydrogen-bond acceptors (Lipinski definition) is 5. The third kappa shape index (κ3) is 4.72. The standard InChI is InChI=1S/C30H26N2O3S/c1-3-4-17-35-30(34)27-22-10-6-8-12-26(22)36-29(27)32-28(33)23-18-25(20-15-13-19(2)14-16-20)31-24-11-7-5-9-21(23)24/h5-16,18H,3-4,17H2,1-2H3,(H,32,33). The molecule has 6 heteroatoms. The molecule has 0 bridgehead atoms. The van der Waals surface area contributed by atoms with Crippen molar-refractivity contribution in [3.63, 3.8) is 0 Å². The van der Waals surface area contributed by atoms with E-state index in [-0.39, 0.29) is 5.91 Å². The number of amides is 1. The molecule has 2 aromatic heterocycles. The summed E-state index contributed by atoms with van der Waals surface area (Å²) in [5, 5.41) is 5.03. The summed E-state index contributed by atoms with van der Waals surface area (Å²) < 4.78 is 6.44. The van der Waals surface area contributed by atoms with E-state index in [0.717, 1.165) is 50.7 Å². The number of benzene rings is 3. The Kier molecular flexibility index (Phi) is 6.78. The van der Waals surface area contributed by atoms with E-state index in [1.54, 1.807) is 0 Å². The highest BCUT2D eigenvalue weighted by molar-refractivity contribution is 7.23. The molecule has 0 spiro atoms. The third-order valence-corrected chi connectivity index (χ3v) is 7.15. The number of rotatable bonds is 7. The third-order valence-electron chi connectivity index (χ3n) is 6.07. The Labute approximate surface area is 213 Å². The first-order valence-corrected chi connectivity index (χ1v) is 12.8. The second-order valence-corrected chi connectivity index (χ2v) is 9.74. The maximum absolute atomic E-state index is 13.7. The van der Waals surface area contributed by atoms with Crippen molar-refractivity contribution in [1.29, 1.82) is 0 Å². The molecule has 1 N–H and O–H groups in total. The SMILES string of the molecule is CCCCOC(=O)c1c(NC(=O)c2cc(-c3ccc(C)cc3)nc3ccccc23)sc2ccccc12. The maximum Gasteiger partial charge on any atom is 0.341 e. The summed E-state index contributed by atoms with van der Waals surface area (Å²) in [5.74, 6) is -0.716. The minimum Gasteiger partial charge on any atom is -0.462 e. The van der Waals surface area contributed by atoms with Crippen LogP contribution < -0.4 is 5.32 Å². The summed E-state index contributed by atoms with van der Waals surface area (Å²) in [7, 11) is 0. The number of unbranched alkanes of at least 4 members (excludes halogenated alkanes) is 1. The van der Waals surface area contributed by atoms with Crippen LogP contribution in [0.4, 0.5) is 5.00 Å². The lowest BCUT2D eigenvalue weighted by atomic mass is 10.0. The van der Waals surface area contributed by atoms with Crippen molar-refractivity contribution in [2.75, 3.05) is 11.9 Å². The van der Waals surface area contributed by atoms with Gasteiger partial charge in [-0.2, -0.15) is 0 Å². The number of carbonyl (C=O) groups is 2. The van der Waals surface area contributed by atoms with E-state index < -0.39 is 5.97 Å². The van der Waals surface area contributed by atoms with E-state index in [0.29, 0.717) is 22.7 Å². The molecule has 2 heterocycles.